The van der Waals surface area contributed by atoms with Gasteiger partial charge < -0.3 is 14.8 Å². The first-order chi connectivity index (χ1) is 12.8. The third kappa shape index (κ3) is 5.47. The van der Waals surface area contributed by atoms with Crippen molar-refractivity contribution in [2.75, 3.05) is 11.9 Å². The fraction of sp³-hybridized carbons (Fsp3) is 0.696. The van der Waals surface area contributed by atoms with Crippen LogP contribution >= 0.6 is 0 Å². The third-order valence-corrected chi connectivity index (χ3v) is 5.69. The number of benzene rings is 1. The number of amides is 1. The minimum absolute atomic E-state index is 0.00255. The normalized spacial score (nSPS) is 23.7. The lowest BCUT2D eigenvalue weighted by atomic mass is 9.78. The third-order valence-electron chi connectivity index (χ3n) is 5.69. The van der Waals surface area contributed by atoms with Gasteiger partial charge in [0, 0.05) is 12.3 Å². The topological polar surface area (TPSA) is 47.6 Å². The molecule has 1 atom stereocenters. The number of anilines is 1. The molecule has 1 aromatic carbocycles. The first-order valence-corrected chi connectivity index (χ1v) is 10.5. The van der Waals surface area contributed by atoms with E-state index in [4.69, 9.17) is 9.47 Å². The lowest BCUT2D eigenvalue weighted by Crippen LogP contribution is -2.48. The molecule has 1 amide bonds. The highest BCUT2D eigenvalue weighted by Crippen LogP contribution is 2.36. The van der Waals surface area contributed by atoms with Gasteiger partial charge in [-0.25, -0.2) is 0 Å². The molecule has 2 rings (SSSR count). The second kappa shape index (κ2) is 9.59. The van der Waals surface area contributed by atoms with Crippen molar-refractivity contribution in [1.82, 2.24) is 0 Å². The molecular formula is C23H37NO3. The van der Waals surface area contributed by atoms with Crippen LogP contribution in [0, 0.1) is 19.8 Å². The van der Waals surface area contributed by atoms with Crippen LogP contribution in [0.5, 0.6) is 5.75 Å². The number of rotatable bonds is 8. The molecule has 0 radical (unpaired) electrons. The van der Waals surface area contributed by atoms with Crippen LogP contribution in [0.4, 0.5) is 5.69 Å². The maximum atomic E-state index is 13.2. The van der Waals surface area contributed by atoms with Crippen molar-refractivity contribution in [2.24, 2.45) is 5.92 Å². The number of hydrogen-bond donors (Lipinski definition) is 1. The highest BCUT2D eigenvalue weighted by Gasteiger charge is 2.42. The standard InChI is InChI=1S/C23H37NO3/c1-7-13-26-23(11-9-16(3)10-12-23)22(25)24-20-14-17(4)21(18(5)15-20)27-19(6)8-2/h14-16,19H,7-13H2,1-6H3,(H,24,25)/t16?,19-,23?/m0/s1. The van der Waals surface area contributed by atoms with E-state index in [0.717, 1.165) is 61.1 Å². The summed E-state index contributed by atoms with van der Waals surface area (Å²) in [7, 11) is 0. The molecule has 0 aliphatic heterocycles. The first kappa shape index (κ1) is 21.7. The number of aryl methyl sites for hydroxylation is 2. The molecule has 1 aromatic rings. The van der Waals surface area contributed by atoms with E-state index in [0.29, 0.717) is 12.5 Å². The van der Waals surface area contributed by atoms with E-state index in [2.05, 4.69) is 33.0 Å². The monoisotopic (exact) mass is 375 g/mol. The summed E-state index contributed by atoms with van der Waals surface area (Å²) in [6, 6.07) is 4.00. The van der Waals surface area contributed by atoms with Crippen molar-refractivity contribution in [2.45, 2.75) is 91.8 Å². The van der Waals surface area contributed by atoms with Gasteiger partial charge in [0.2, 0.25) is 0 Å². The second-order valence-corrected chi connectivity index (χ2v) is 8.26. The average Bonchev–Trinajstić information content (AvgIpc) is 2.64. The lowest BCUT2D eigenvalue weighted by Gasteiger charge is -2.38. The smallest absolute Gasteiger partial charge is 0.256 e. The van der Waals surface area contributed by atoms with Crippen molar-refractivity contribution in [3.05, 3.63) is 23.3 Å². The SMILES string of the molecule is CCCOC1(C(=O)Nc2cc(C)c(O[C@@H](C)CC)c(C)c2)CCC(C)CC1. The summed E-state index contributed by atoms with van der Waals surface area (Å²) in [5, 5.41) is 3.13. The van der Waals surface area contributed by atoms with Gasteiger partial charge in [-0.3, -0.25) is 4.79 Å². The molecule has 4 heteroatoms. The van der Waals surface area contributed by atoms with Crippen LogP contribution in [0.25, 0.3) is 0 Å². The molecule has 0 unspecified atom stereocenters. The first-order valence-electron chi connectivity index (χ1n) is 10.5. The Kier molecular flexibility index (Phi) is 7.72. The molecule has 1 aliphatic carbocycles. The Labute approximate surface area is 165 Å². The van der Waals surface area contributed by atoms with Gasteiger partial charge in [0.15, 0.2) is 0 Å². The Hall–Kier alpha value is -1.55. The summed E-state index contributed by atoms with van der Waals surface area (Å²) in [5.74, 6) is 1.58. The largest absolute Gasteiger partial charge is 0.490 e. The lowest BCUT2D eigenvalue weighted by molar-refractivity contribution is -0.147. The Morgan fingerprint density at radius 3 is 2.33 bits per heavy atom. The number of carbonyl (C=O) groups is 1. The van der Waals surface area contributed by atoms with Gasteiger partial charge in [0.1, 0.15) is 11.4 Å². The molecule has 1 fully saturated rings. The molecule has 1 N–H and O–H groups in total. The summed E-state index contributed by atoms with van der Waals surface area (Å²) < 4.78 is 12.2. The van der Waals surface area contributed by atoms with Gasteiger partial charge >= 0.3 is 0 Å². The fourth-order valence-electron chi connectivity index (χ4n) is 3.70. The molecule has 1 saturated carbocycles. The number of hydrogen-bond acceptors (Lipinski definition) is 3. The quantitative estimate of drug-likeness (QED) is 0.625. The number of carbonyl (C=O) groups excluding carboxylic acids is 1. The van der Waals surface area contributed by atoms with E-state index in [1.807, 2.05) is 26.0 Å². The average molecular weight is 376 g/mol. The van der Waals surface area contributed by atoms with Gasteiger partial charge in [0.25, 0.3) is 5.91 Å². The molecule has 0 heterocycles. The summed E-state index contributed by atoms with van der Waals surface area (Å²) in [4.78, 5) is 13.2. The van der Waals surface area contributed by atoms with E-state index in [-0.39, 0.29) is 12.0 Å². The molecule has 27 heavy (non-hydrogen) atoms. The van der Waals surface area contributed by atoms with Crippen LogP contribution < -0.4 is 10.1 Å². The summed E-state index contributed by atoms with van der Waals surface area (Å²) >= 11 is 0. The van der Waals surface area contributed by atoms with E-state index >= 15 is 0 Å². The van der Waals surface area contributed by atoms with Crippen LogP contribution in [-0.2, 0) is 9.53 Å². The number of nitrogens with one attached hydrogen (secondary N) is 1. The van der Waals surface area contributed by atoms with Crippen molar-refractivity contribution in [3.63, 3.8) is 0 Å². The van der Waals surface area contributed by atoms with Gasteiger partial charge in [-0.2, -0.15) is 0 Å². The maximum Gasteiger partial charge on any atom is 0.256 e. The maximum absolute atomic E-state index is 13.2. The van der Waals surface area contributed by atoms with Gasteiger partial charge in [0.05, 0.1) is 6.10 Å². The molecule has 152 valence electrons. The summed E-state index contributed by atoms with van der Waals surface area (Å²) in [6.07, 6.45) is 5.74. The van der Waals surface area contributed by atoms with Crippen LogP contribution in [0.2, 0.25) is 0 Å². The van der Waals surface area contributed by atoms with Crippen molar-refractivity contribution in [1.29, 1.82) is 0 Å². The van der Waals surface area contributed by atoms with Gasteiger partial charge in [-0.1, -0.05) is 20.8 Å². The minimum Gasteiger partial charge on any atom is -0.490 e. The van der Waals surface area contributed by atoms with Crippen molar-refractivity contribution in [3.8, 4) is 5.75 Å². The molecular weight excluding hydrogens is 338 g/mol. The fourth-order valence-corrected chi connectivity index (χ4v) is 3.70. The van der Waals surface area contributed by atoms with E-state index in [1.165, 1.54) is 0 Å². The zero-order valence-corrected chi connectivity index (χ0v) is 18.0. The molecule has 0 saturated heterocycles. The summed E-state index contributed by atoms with van der Waals surface area (Å²) in [6.45, 7) is 13.2. The predicted molar refractivity (Wildman–Crippen MR) is 112 cm³/mol. The Morgan fingerprint density at radius 1 is 1.22 bits per heavy atom. The number of ether oxygens (including phenoxy) is 2. The molecule has 0 aromatic heterocycles. The van der Waals surface area contributed by atoms with Gasteiger partial charge in [-0.05, 0) is 88.5 Å². The Morgan fingerprint density at radius 2 is 1.81 bits per heavy atom. The van der Waals surface area contributed by atoms with Crippen LogP contribution in [0.15, 0.2) is 12.1 Å². The molecule has 1 aliphatic rings. The van der Waals surface area contributed by atoms with Crippen molar-refractivity contribution >= 4 is 11.6 Å². The van der Waals surface area contributed by atoms with Crippen molar-refractivity contribution < 1.29 is 14.3 Å². The predicted octanol–water partition coefficient (Wildman–Crippen LogP) is 5.79. The minimum atomic E-state index is -0.684. The van der Waals surface area contributed by atoms with E-state index < -0.39 is 5.60 Å². The highest BCUT2D eigenvalue weighted by atomic mass is 16.5. The Balaban J connectivity index is 2.17. The zero-order valence-electron chi connectivity index (χ0n) is 18.0. The molecule has 0 spiro atoms. The molecule has 4 nitrogen and oxygen atoms in total. The van der Waals surface area contributed by atoms with Gasteiger partial charge in [-0.15, -0.1) is 0 Å². The zero-order chi connectivity index (χ0) is 20.0. The molecule has 0 bridgehead atoms. The second-order valence-electron chi connectivity index (χ2n) is 8.26. The van der Waals surface area contributed by atoms with Crippen LogP contribution in [-0.4, -0.2) is 24.2 Å². The Bertz CT molecular complexity index is 604. The summed E-state index contributed by atoms with van der Waals surface area (Å²) in [5.41, 5.74) is 2.23. The van der Waals surface area contributed by atoms with Crippen LogP contribution in [0.1, 0.15) is 77.3 Å². The highest BCUT2D eigenvalue weighted by molar-refractivity contribution is 5.97. The van der Waals surface area contributed by atoms with E-state index in [9.17, 15) is 4.79 Å². The van der Waals surface area contributed by atoms with Crippen LogP contribution in [0.3, 0.4) is 0 Å². The van der Waals surface area contributed by atoms with E-state index in [1.54, 1.807) is 0 Å².